The lowest BCUT2D eigenvalue weighted by atomic mass is 10.0. The molecule has 1 heterocycles. The van der Waals surface area contributed by atoms with Crippen molar-refractivity contribution in [2.75, 3.05) is 13.2 Å². The molecular weight excluding hydrogens is 262 g/mol. The van der Waals surface area contributed by atoms with Crippen molar-refractivity contribution >= 4 is 5.78 Å². The van der Waals surface area contributed by atoms with Gasteiger partial charge in [-0.25, -0.2) is 0 Å². The predicted molar refractivity (Wildman–Crippen MR) is 81.6 cm³/mol. The quantitative estimate of drug-likeness (QED) is 0.603. The molecule has 0 aliphatic heterocycles. The van der Waals surface area contributed by atoms with Gasteiger partial charge in [-0.1, -0.05) is 18.2 Å². The van der Waals surface area contributed by atoms with Gasteiger partial charge in [0.05, 0.1) is 6.61 Å². The summed E-state index contributed by atoms with van der Waals surface area (Å²) < 4.78 is 5.48. The number of rotatable bonds is 6. The first-order valence-corrected chi connectivity index (χ1v) is 7.45. The van der Waals surface area contributed by atoms with Gasteiger partial charge in [0, 0.05) is 23.9 Å². The molecule has 1 aliphatic carbocycles. The molecule has 0 saturated carbocycles. The Morgan fingerprint density at radius 3 is 2.90 bits per heavy atom. The Morgan fingerprint density at radius 1 is 1.14 bits per heavy atom. The van der Waals surface area contributed by atoms with Gasteiger partial charge in [-0.2, -0.15) is 0 Å². The van der Waals surface area contributed by atoms with Crippen LogP contribution in [0, 0.1) is 0 Å². The van der Waals surface area contributed by atoms with Crippen LogP contribution in [0.2, 0.25) is 0 Å². The molecule has 0 amide bonds. The average Bonchev–Trinajstić information content (AvgIpc) is 3.00. The number of pyridine rings is 1. The van der Waals surface area contributed by atoms with Gasteiger partial charge in [0.1, 0.15) is 6.61 Å². The number of aryl methyl sites for hydroxylation is 2. The van der Waals surface area contributed by atoms with Crippen molar-refractivity contribution in [3.05, 3.63) is 65.0 Å². The molecule has 0 unspecified atom stereocenters. The fraction of sp³-hybridized carbons (Fsp3) is 0.333. The Balaban J connectivity index is 1.48. The van der Waals surface area contributed by atoms with Gasteiger partial charge < -0.3 is 4.74 Å². The highest BCUT2D eigenvalue weighted by atomic mass is 16.5. The zero-order valence-corrected chi connectivity index (χ0v) is 12.0. The lowest BCUT2D eigenvalue weighted by Crippen LogP contribution is -2.11. The Labute approximate surface area is 125 Å². The first-order chi connectivity index (χ1) is 10.3. The maximum absolute atomic E-state index is 12.1. The van der Waals surface area contributed by atoms with E-state index in [1.54, 1.807) is 6.20 Å². The third kappa shape index (κ3) is 3.56. The third-order valence-corrected chi connectivity index (χ3v) is 3.88. The molecule has 0 fully saturated rings. The zero-order valence-electron chi connectivity index (χ0n) is 12.0. The number of fused-ring (bicyclic) bond motifs is 1. The van der Waals surface area contributed by atoms with E-state index in [0.29, 0.717) is 6.61 Å². The van der Waals surface area contributed by atoms with Crippen LogP contribution < -0.4 is 0 Å². The molecule has 2 aromatic rings. The number of hydrogen-bond donors (Lipinski definition) is 0. The number of benzene rings is 1. The number of ether oxygens (including phenoxy) is 1. The molecular formula is C18H19NO2. The summed E-state index contributed by atoms with van der Waals surface area (Å²) in [5, 5.41) is 0. The summed E-state index contributed by atoms with van der Waals surface area (Å²) in [6, 6.07) is 11.9. The van der Waals surface area contributed by atoms with Crippen LogP contribution >= 0.6 is 0 Å². The molecule has 0 saturated heterocycles. The number of aromatic nitrogens is 1. The summed E-state index contributed by atoms with van der Waals surface area (Å²) in [5.41, 5.74) is 4.48. The SMILES string of the molecule is O=C(COCCc1ccccn1)c1ccc2c(c1)CCC2. The second-order valence-electron chi connectivity index (χ2n) is 5.38. The smallest absolute Gasteiger partial charge is 0.188 e. The number of hydrogen-bond acceptors (Lipinski definition) is 3. The van der Waals surface area contributed by atoms with Crippen LogP contribution in [0.15, 0.2) is 42.6 Å². The Hall–Kier alpha value is -2.00. The highest BCUT2D eigenvalue weighted by molar-refractivity contribution is 5.97. The van der Waals surface area contributed by atoms with E-state index in [4.69, 9.17) is 4.74 Å². The highest BCUT2D eigenvalue weighted by Crippen LogP contribution is 2.22. The number of nitrogens with zero attached hydrogens (tertiary/aromatic N) is 1. The lowest BCUT2D eigenvalue weighted by Gasteiger charge is -2.06. The van der Waals surface area contributed by atoms with Crippen molar-refractivity contribution in [2.45, 2.75) is 25.7 Å². The van der Waals surface area contributed by atoms with E-state index in [0.717, 1.165) is 30.5 Å². The van der Waals surface area contributed by atoms with Gasteiger partial charge >= 0.3 is 0 Å². The van der Waals surface area contributed by atoms with Crippen molar-refractivity contribution in [3.8, 4) is 0 Å². The van der Waals surface area contributed by atoms with E-state index in [2.05, 4.69) is 11.1 Å². The number of ketones is 1. The summed E-state index contributed by atoms with van der Waals surface area (Å²) in [7, 11) is 0. The molecule has 3 rings (SSSR count). The summed E-state index contributed by atoms with van der Waals surface area (Å²) in [6.07, 6.45) is 5.94. The van der Waals surface area contributed by atoms with Crippen LogP contribution in [0.3, 0.4) is 0 Å². The molecule has 3 heteroatoms. The number of carbonyl (C=O) groups excluding carboxylic acids is 1. The molecule has 0 bridgehead atoms. The standard InChI is InChI=1S/C18H19NO2/c20-18(13-21-11-9-17-6-1-2-10-19-17)16-8-7-14-4-3-5-15(14)12-16/h1-2,6-8,10,12H,3-5,9,11,13H2. The highest BCUT2D eigenvalue weighted by Gasteiger charge is 2.13. The third-order valence-electron chi connectivity index (χ3n) is 3.88. The fourth-order valence-electron chi connectivity index (χ4n) is 2.72. The molecule has 1 aromatic heterocycles. The maximum atomic E-state index is 12.1. The minimum Gasteiger partial charge on any atom is -0.373 e. The fourth-order valence-corrected chi connectivity index (χ4v) is 2.72. The minimum atomic E-state index is 0.0609. The minimum absolute atomic E-state index is 0.0609. The molecule has 3 nitrogen and oxygen atoms in total. The van der Waals surface area contributed by atoms with E-state index in [-0.39, 0.29) is 12.4 Å². The molecule has 1 aromatic carbocycles. The van der Waals surface area contributed by atoms with Crippen molar-refractivity contribution in [3.63, 3.8) is 0 Å². The van der Waals surface area contributed by atoms with E-state index >= 15 is 0 Å². The summed E-state index contributed by atoms with van der Waals surface area (Å²) in [4.78, 5) is 16.3. The Morgan fingerprint density at radius 2 is 2.05 bits per heavy atom. The lowest BCUT2D eigenvalue weighted by molar-refractivity contribution is 0.0764. The Bertz CT molecular complexity index is 622. The van der Waals surface area contributed by atoms with Crippen LogP contribution in [0.1, 0.15) is 33.6 Å². The largest absolute Gasteiger partial charge is 0.373 e. The van der Waals surface area contributed by atoms with Crippen LogP contribution in [0.25, 0.3) is 0 Å². The Kier molecular flexibility index (Phi) is 4.41. The first-order valence-electron chi connectivity index (χ1n) is 7.45. The van der Waals surface area contributed by atoms with Crippen LogP contribution in [-0.2, 0) is 24.0 Å². The number of Topliss-reactive ketones (excluding diaryl/α,β-unsaturated/α-hetero) is 1. The van der Waals surface area contributed by atoms with Gasteiger partial charge in [0.15, 0.2) is 5.78 Å². The van der Waals surface area contributed by atoms with Gasteiger partial charge in [0.25, 0.3) is 0 Å². The molecule has 0 N–H and O–H groups in total. The van der Waals surface area contributed by atoms with E-state index in [1.807, 2.05) is 30.3 Å². The first kappa shape index (κ1) is 14.0. The molecule has 0 radical (unpaired) electrons. The van der Waals surface area contributed by atoms with Crippen molar-refractivity contribution in [1.29, 1.82) is 0 Å². The van der Waals surface area contributed by atoms with Gasteiger partial charge in [-0.15, -0.1) is 0 Å². The van der Waals surface area contributed by atoms with Gasteiger partial charge in [-0.05, 0) is 48.6 Å². The van der Waals surface area contributed by atoms with Gasteiger partial charge in [-0.3, -0.25) is 9.78 Å². The van der Waals surface area contributed by atoms with E-state index in [1.165, 1.54) is 17.5 Å². The van der Waals surface area contributed by atoms with Crippen LogP contribution in [0.4, 0.5) is 0 Å². The predicted octanol–water partition coefficient (Wildman–Crippen LogP) is 3.01. The molecule has 108 valence electrons. The summed E-state index contributed by atoms with van der Waals surface area (Å²) in [5.74, 6) is 0.0609. The molecule has 21 heavy (non-hydrogen) atoms. The maximum Gasteiger partial charge on any atom is 0.188 e. The van der Waals surface area contributed by atoms with E-state index < -0.39 is 0 Å². The van der Waals surface area contributed by atoms with Crippen molar-refractivity contribution < 1.29 is 9.53 Å². The van der Waals surface area contributed by atoms with Crippen molar-refractivity contribution in [2.24, 2.45) is 0 Å². The average molecular weight is 281 g/mol. The van der Waals surface area contributed by atoms with Crippen LogP contribution in [-0.4, -0.2) is 24.0 Å². The van der Waals surface area contributed by atoms with Crippen molar-refractivity contribution in [1.82, 2.24) is 4.98 Å². The second kappa shape index (κ2) is 6.64. The van der Waals surface area contributed by atoms with Crippen LogP contribution in [0.5, 0.6) is 0 Å². The molecule has 1 aliphatic rings. The topological polar surface area (TPSA) is 39.2 Å². The second-order valence-corrected chi connectivity index (χ2v) is 5.38. The molecule has 0 spiro atoms. The van der Waals surface area contributed by atoms with E-state index in [9.17, 15) is 4.79 Å². The zero-order chi connectivity index (χ0) is 14.5. The summed E-state index contributed by atoms with van der Waals surface area (Å²) >= 11 is 0. The summed E-state index contributed by atoms with van der Waals surface area (Å²) in [6.45, 7) is 0.666. The molecule has 0 atom stereocenters. The number of carbonyl (C=O) groups is 1. The van der Waals surface area contributed by atoms with Gasteiger partial charge in [0.2, 0.25) is 0 Å². The monoisotopic (exact) mass is 281 g/mol. The normalized spacial score (nSPS) is 13.1.